The second-order valence-corrected chi connectivity index (χ2v) is 6.47. The number of aromatic nitrogens is 4. The molecule has 0 saturated heterocycles. The fourth-order valence-corrected chi connectivity index (χ4v) is 3.59. The molecule has 1 unspecified atom stereocenters. The van der Waals surface area contributed by atoms with E-state index in [-0.39, 0.29) is 0 Å². The molecule has 0 aliphatic carbocycles. The summed E-state index contributed by atoms with van der Waals surface area (Å²) in [5.41, 5.74) is 11.0. The van der Waals surface area contributed by atoms with Crippen molar-refractivity contribution in [3.63, 3.8) is 0 Å². The van der Waals surface area contributed by atoms with Crippen LogP contribution in [0, 0.1) is 0 Å². The molecule has 2 aromatic heterocycles. The average Bonchev–Trinajstić information content (AvgIpc) is 3.16. The molecular formula is C18H20N5P. The van der Waals surface area contributed by atoms with E-state index >= 15 is 0 Å². The van der Waals surface area contributed by atoms with Crippen molar-refractivity contribution in [2.75, 3.05) is 6.54 Å². The Morgan fingerprint density at radius 2 is 2.04 bits per heavy atom. The monoisotopic (exact) mass is 337 g/mol. The van der Waals surface area contributed by atoms with Crippen LogP contribution in [0.5, 0.6) is 0 Å². The molecule has 2 heterocycles. The van der Waals surface area contributed by atoms with Crippen molar-refractivity contribution in [2.24, 2.45) is 5.73 Å². The number of aryl methyl sites for hydroxylation is 1. The summed E-state index contributed by atoms with van der Waals surface area (Å²) in [5, 5.41) is 1.08. The van der Waals surface area contributed by atoms with Gasteiger partial charge in [0.2, 0.25) is 0 Å². The van der Waals surface area contributed by atoms with Gasteiger partial charge in [-0.2, -0.15) is 0 Å². The fraction of sp³-hybridized carbons (Fsp3) is 0.222. The number of aromatic amines is 1. The second-order valence-electron chi connectivity index (χ2n) is 5.85. The van der Waals surface area contributed by atoms with E-state index in [4.69, 9.17) is 15.7 Å². The lowest BCUT2D eigenvalue weighted by molar-refractivity contribution is 0.711. The number of hydrogen-bond donors (Lipinski definition) is 2. The first-order valence-corrected chi connectivity index (χ1v) is 8.72. The minimum Gasteiger partial charge on any atom is -0.338 e. The van der Waals surface area contributed by atoms with Crippen LogP contribution in [0.4, 0.5) is 0 Å². The Balaban J connectivity index is 1.93. The zero-order valence-corrected chi connectivity index (χ0v) is 14.7. The van der Waals surface area contributed by atoms with E-state index in [1.165, 1.54) is 0 Å². The Morgan fingerprint density at radius 1 is 1.21 bits per heavy atom. The number of fused-ring (bicyclic) bond motifs is 2. The minimum atomic E-state index is 0.603. The summed E-state index contributed by atoms with van der Waals surface area (Å²) >= 11 is 0. The number of para-hydroxylation sites is 2. The first-order chi connectivity index (χ1) is 11.7. The molecule has 5 nitrogen and oxygen atoms in total. The normalized spacial score (nSPS) is 11.6. The maximum atomic E-state index is 5.73. The Labute approximate surface area is 142 Å². The molecular weight excluding hydrogens is 317 g/mol. The van der Waals surface area contributed by atoms with E-state index in [2.05, 4.69) is 37.8 Å². The van der Waals surface area contributed by atoms with Gasteiger partial charge in [0.05, 0.1) is 22.1 Å². The van der Waals surface area contributed by atoms with E-state index in [0.29, 0.717) is 6.54 Å². The number of rotatable bonds is 4. The zero-order chi connectivity index (χ0) is 16.7. The minimum absolute atomic E-state index is 0.603. The largest absolute Gasteiger partial charge is 0.338 e. The lowest BCUT2D eigenvalue weighted by Crippen LogP contribution is -2.09. The molecule has 0 radical (unpaired) electrons. The van der Waals surface area contributed by atoms with Crippen molar-refractivity contribution in [3.8, 4) is 11.4 Å². The predicted molar refractivity (Wildman–Crippen MR) is 103 cm³/mol. The van der Waals surface area contributed by atoms with Crippen LogP contribution in [0.25, 0.3) is 33.5 Å². The van der Waals surface area contributed by atoms with Gasteiger partial charge in [-0.05, 0) is 43.0 Å². The van der Waals surface area contributed by atoms with Crippen LogP contribution >= 0.6 is 9.24 Å². The van der Waals surface area contributed by atoms with Crippen LogP contribution in [0.15, 0.2) is 36.4 Å². The van der Waals surface area contributed by atoms with Crippen LogP contribution < -0.4 is 11.0 Å². The summed E-state index contributed by atoms with van der Waals surface area (Å²) in [5.74, 6) is 1.92. The number of benzene rings is 2. The highest BCUT2D eigenvalue weighted by molar-refractivity contribution is 7.28. The van der Waals surface area contributed by atoms with Crippen LogP contribution in [0.3, 0.4) is 0 Å². The molecule has 0 aliphatic rings. The van der Waals surface area contributed by atoms with Gasteiger partial charge in [-0.1, -0.05) is 12.1 Å². The van der Waals surface area contributed by atoms with Crippen molar-refractivity contribution in [1.82, 2.24) is 19.5 Å². The molecule has 0 bridgehead atoms. The van der Waals surface area contributed by atoms with E-state index < -0.39 is 0 Å². The Bertz CT molecular complexity index is 998. The molecule has 4 rings (SSSR count). The average molecular weight is 337 g/mol. The van der Waals surface area contributed by atoms with Crippen LogP contribution in [-0.2, 0) is 13.0 Å². The van der Waals surface area contributed by atoms with Crippen LogP contribution in [0.1, 0.15) is 12.7 Å². The summed E-state index contributed by atoms with van der Waals surface area (Å²) in [7, 11) is 2.80. The number of nitrogens with one attached hydrogen (secondary N) is 1. The second kappa shape index (κ2) is 6.00. The SMILES string of the molecule is CCn1c(CCN)nc2c(P)cc(-c3nc4ccccc4[nH]3)cc21. The molecule has 4 aromatic rings. The summed E-state index contributed by atoms with van der Waals surface area (Å²) in [4.78, 5) is 12.9. The molecule has 2 aromatic carbocycles. The summed E-state index contributed by atoms with van der Waals surface area (Å²) in [6, 6.07) is 12.4. The smallest absolute Gasteiger partial charge is 0.138 e. The first-order valence-electron chi connectivity index (χ1n) is 8.15. The van der Waals surface area contributed by atoms with E-state index in [0.717, 1.165) is 57.5 Å². The molecule has 0 amide bonds. The number of nitrogens with two attached hydrogens (primary N) is 1. The van der Waals surface area contributed by atoms with Crippen molar-refractivity contribution < 1.29 is 0 Å². The van der Waals surface area contributed by atoms with Gasteiger partial charge in [0.25, 0.3) is 0 Å². The lowest BCUT2D eigenvalue weighted by Gasteiger charge is -2.06. The molecule has 6 heteroatoms. The maximum absolute atomic E-state index is 5.73. The zero-order valence-electron chi connectivity index (χ0n) is 13.6. The van der Waals surface area contributed by atoms with Gasteiger partial charge in [0, 0.05) is 18.5 Å². The Morgan fingerprint density at radius 3 is 2.79 bits per heavy atom. The number of imidazole rings is 2. The van der Waals surface area contributed by atoms with Gasteiger partial charge in [0.15, 0.2) is 0 Å². The molecule has 3 N–H and O–H groups in total. The van der Waals surface area contributed by atoms with Gasteiger partial charge < -0.3 is 15.3 Å². The summed E-state index contributed by atoms with van der Waals surface area (Å²) in [6.07, 6.45) is 0.784. The van der Waals surface area contributed by atoms with Crippen molar-refractivity contribution in [1.29, 1.82) is 0 Å². The van der Waals surface area contributed by atoms with Gasteiger partial charge >= 0.3 is 0 Å². The fourth-order valence-electron chi connectivity index (χ4n) is 3.20. The van der Waals surface area contributed by atoms with Crippen molar-refractivity contribution in [2.45, 2.75) is 19.9 Å². The quantitative estimate of drug-likeness (QED) is 0.562. The van der Waals surface area contributed by atoms with Gasteiger partial charge in [-0.25, -0.2) is 9.97 Å². The molecule has 0 fully saturated rings. The van der Waals surface area contributed by atoms with E-state index in [9.17, 15) is 0 Å². The van der Waals surface area contributed by atoms with Crippen LogP contribution in [-0.4, -0.2) is 26.1 Å². The van der Waals surface area contributed by atoms with Crippen molar-refractivity contribution >= 4 is 36.6 Å². The third kappa shape index (κ3) is 2.41. The molecule has 24 heavy (non-hydrogen) atoms. The van der Waals surface area contributed by atoms with Gasteiger partial charge in [-0.3, -0.25) is 0 Å². The highest BCUT2D eigenvalue weighted by Crippen LogP contribution is 2.25. The topological polar surface area (TPSA) is 72.5 Å². The standard InChI is InChI=1S/C18H20N5P/c1-2-23-14-9-11(10-15(24)17(14)22-16(23)7-8-19)18-20-12-5-3-4-6-13(12)21-18/h3-6,9-10H,2,7-8,19,24H2,1H3,(H,20,21). The highest BCUT2D eigenvalue weighted by Gasteiger charge is 2.14. The van der Waals surface area contributed by atoms with E-state index in [1.54, 1.807) is 0 Å². The summed E-state index contributed by atoms with van der Waals surface area (Å²) in [6.45, 7) is 3.61. The van der Waals surface area contributed by atoms with E-state index in [1.807, 2.05) is 24.3 Å². The molecule has 0 aliphatic heterocycles. The lowest BCUT2D eigenvalue weighted by atomic mass is 10.2. The van der Waals surface area contributed by atoms with Gasteiger partial charge in [0.1, 0.15) is 11.6 Å². The summed E-state index contributed by atoms with van der Waals surface area (Å²) < 4.78 is 2.24. The highest BCUT2D eigenvalue weighted by atomic mass is 31.0. The third-order valence-electron chi connectivity index (χ3n) is 4.31. The molecule has 0 saturated carbocycles. The van der Waals surface area contributed by atoms with Gasteiger partial charge in [-0.15, -0.1) is 9.24 Å². The number of nitrogens with zero attached hydrogens (tertiary/aromatic N) is 3. The Kier molecular flexibility index (Phi) is 3.83. The predicted octanol–water partition coefficient (Wildman–Crippen LogP) is 2.60. The first kappa shape index (κ1) is 15.3. The molecule has 0 spiro atoms. The van der Waals surface area contributed by atoms with Crippen LogP contribution in [0.2, 0.25) is 0 Å². The maximum Gasteiger partial charge on any atom is 0.138 e. The third-order valence-corrected chi connectivity index (χ3v) is 4.75. The number of hydrogen-bond acceptors (Lipinski definition) is 3. The number of H-pyrrole nitrogens is 1. The molecule has 1 atom stereocenters. The Hall–Kier alpha value is -2.23. The van der Waals surface area contributed by atoms with Crippen molar-refractivity contribution in [3.05, 3.63) is 42.2 Å². The molecule has 122 valence electrons.